The highest BCUT2D eigenvalue weighted by atomic mass is 32.2. The fourth-order valence-electron chi connectivity index (χ4n) is 1.91. The number of ether oxygens (including phenoxy) is 1. The van der Waals surface area contributed by atoms with Crippen LogP contribution in [0.4, 0.5) is 4.79 Å². The Morgan fingerprint density at radius 1 is 1.65 bits per heavy atom. The molecule has 0 bridgehead atoms. The Morgan fingerprint density at radius 3 is 3.12 bits per heavy atom. The number of hydrogen-bond acceptors (Lipinski definition) is 5. The van der Waals surface area contributed by atoms with E-state index in [2.05, 4.69) is 10.3 Å². The molecule has 0 aromatic carbocycles. The van der Waals surface area contributed by atoms with Gasteiger partial charge in [-0.05, 0) is 0 Å². The second-order valence-corrected chi connectivity index (χ2v) is 5.24. The topological polar surface area (TPSA) is 60.5 Å². The summed E-state index contributed by atoms with van der Waals surface area (Å²) in [5, 5.41) is 4.08. The zero-order valence-electron chi connectivity index (χ0n) is 9.71. The summed E-state index contributed by atoms with van der Waals surface area (Å²) in [4.78, 5) is 19.6. The number of aliphatic imine (C=N–C) groups is 1. The van der Waals surface area contributed by atoms with Gasteiger partial charge < -0.3 is 10.1 Å². The van der Waals surface area contributed by atoms with Gasteiger partial charge in [0.2, 0.25) is 0 Å². The third-order valence-electron chi connectivity index (χ3n) is 2.99. The number of thioether (sulfide) groups is 1. The lowest BCUT2D eigenvalue weighted by atomic mass is 10.3. The van der Waals surface area contributed by atoms with Crippen molar-refractivity contribution in [3.63, 3.8) is 0 Å². The van der Waals surface area contributed by atoms with E-state index in [1.165, 1.54) is 0 Å². The summed E-state index contributed by atoms with van der Waals surface area (Å²) in [5.41, 5.74) is 0.986. The summed E-state index contributed by atoms with van der Waals surface area (Å²) in [7, 11) is 3.55. The van der Waals surface area contributed by atoms with Crippen molar-refractivity contribution in [1.29, 1.82) is 0 Å². The largest absolute Gasteiger partial charge is 0.372 e. The summed E-state index contributed by atoms with van der Waals surface area (Å²) < 4.78 is 5.19. The van der Waals surface area contributed by atoms with Crippen molar-refractivity contribution in [3.8, 4) is 0 Å². The van der Waals surface area contributed by atoms with Crippen LogP contribution in [-0.2, 0) is 4.74 Å². The molecule has 0 saturated carbocycles. The Hall–Kier alpha value is -1.21. The zero-order chi connectivity index (χ0) is 12.0. The first-order chi connectivity index (χ1) is 8.18. The van der Waals surface area contributed by atoms with E-state index in [1.54, 1.807) is 42.0 Å². The second-order valence-electron chi connectivity index (χ2n) is 4.23. The molecule has 17 heavy (non-hydrogen) atoms. The summed E-state index contributed by atoms with van der Waals surface area (Å²) >= 11 is 1.65. The number of epoxide rings is 1. The molecule has 92 valence electrons. The summed E-state index contributed by atoms with van der Waals surface area (Å²) in [6, 6.07) is -0.0289. The van der Waals surface area contributed by atoms with Crippen molar-refractivity contribution in [2.24, 2.45) is 4.99 Å². The number of nitrogens with one attached hydrogen (secondary N) is 1. The third kappa shape index (κ3) is 1.79. The Labute approximate surface area is 104 Å². The molecule has 2 amide bonds. The molecule has 0 aromatic heterocycles. The molecule has 0 spiro atoms. The van der Waals surface area contributed by atoms with E-state index in [1.807, 2.05) is 0 Å². The van der Waals surface area contributed by atoms with Crippen LogP contribution < -0.4 is 5.32 Å². The molecule has 3 heterocycles. The van der Waals surface area contributed by atoms with Crippen LogP contribution in [0.1, 0.15) is 0 Å². The van der Waals surface area contributed by atoms with Crippen LogP contribution in [0, 0.1) is 0 Å². The molecule has 3 aliphatic rings. The summed E-state index contributed by atoms with van der Waals surface area (Å²) in [5.74, 6) is 0.883. The Kier molecular flexibility index (Phi) is 2.52. The van der Waals surface area contributed by atoms with Gasteiger partial charge in [-0.3, -0.25) is 9.80 Å². The molecule has 2 atom stereocenters. The lowest BCUT2D eigenvalue weighted by molar-refractivity contribution is 0.167. The Morgan fingerprint density at radius 2 is 2.41 bits per heavy atom. The molecule has 2 unspecified atom stereocenters. The number of nitrogens with zero attached hydrogens (tertiary/aromatic N) is 3. The maximum Gasteiger partial charge on any atom is 0.326 e. The normalized spacial score (nSPS) is 30.8. The van der Waals surface area contributed by atoms with Gasteiger partial charge in [0, 0.05) is 19.8 Å². The number of fused-ring (bicyclic) bond motifs is 1. The standard InChI is InChI=1S/C10H14N4O2S/c1-13-8-7(11-5-12-8)9(14(2)10(13)15)17-4-6-3-16-6/h5-6,8H,3-4H2,1-2H3,(H,11,12). The molecule has 6 nitrogen and oxygen atoms in total. The van der Waals surface area contributed by atoms with Gasteiger partial charge in [-0.25, -0.2) is 9.79 Å². The fraction of sp³-hybridized carbons (Fsp3) is 0.600. The molecule has 0 aliphatic carbocycles. The first kappa shape index (κ1) is 10.9. The molecule has 0 aromatic rings. The van der Waals surface area contributed by atoms with Gasteiger partial charge in [0.25, 0.3) is 0 Å². The van der Waals surface area contributed by atoms with E-state index in [-0.39, 0.29) is 12.2 Å². The van der Waals surface area contributed by atoms with Gasteiger partial charge >= 0.3 is 6.03 Å². The predicted molar refractivity (Wildman–Crippen MR) is 65.6 cm³/mol. The number of likely N-dealkylation sites (N-methyl/N-ethyl adjacent to an activating group) is 1. The van der Waals surface area contributed by atoms with Crippen molar-refractivity contribution in [2.75, 3.05) is 26.5 Å². The van der Waals surface area contributed by atoms with E-state index in [0.717, 1.165) is 23.1 Å². The van der Waals surface area contributed by atoms with Gasteiger partial charge in [-0.2, -0.15) is 0 Å². The Balaban J connectivity index is 1.85. The predicted octanol–water partition coefficient (Wildman–Crippen LogP) is 0.242. The number of rotatable bonds is 3. The monoisotopic (exact) mass is 254 g/mol. The molecule has 0 radical (unpaired) electrons. The SMILES string of the molecule is CN1C(=O)N(C)C2N=CNC2=C1SCC1CO1. The van der Waals surface area contributed by atoms with E-state index in [9.17, 15) is 4.79 Å². The van der Waals surface area contributed by atoms with Gasteiger partial charge in [-0.15, -0.1) is 11.8 Å². The minimum atomic E-state index is -0.193. The molecular weight excluding hydrogens is 240 g/mol. The maximum absolute atomic E-state index is 12.0. The van der Waals surface area contributed by atoms with Crippen molar-refractivity contribution < 1.29 is 9.53 Å². The van der Waals surface area contributed by atoms with Crippen LogP contribution in [0.15, 0.2) is 15.7 Å². The fourth-order valence-corrected chi connectivity index (χ4v) is 3.04. The third-order valence-corrected chi connectivity index (χ3v) is 4.30. The molecular formula is C10H14N4O2S. The lowest BCUT2D eigenvalue weighted by Gasteiger charge is -2.36. The van der Waals surface area contributed by atoms with E-state index in [4.69, 9.17) is 4.74 Å². The highest BCUT2D eigenvalue weighted by Gasteiger charge is 2.38. The molecule has 3 rings (SSSR count). The average Bonchev–Trinajstić information content (AvgIpc) is 3.02. The van der Waals surface area contributed by atoms with Gasteiger partial charge in [0.05, 0.1) is 24.7 Å². The van der Waals surface area contributed by atoms with E-state index >= 15 is 0 Å². The maximum atomic E-state index is 12.0. The summed E-state index contributed by atoms with van der Waals surface area (Å²) in [6.07, 6.45) is 1.80. The average molecular weight is 254 g/mol. The molecule has 7 heteroatoms. The number of carbonyl (C=O) groups is 1. The quantitative estimate of drug-likeness (QED) is 0.733. The lowest BCUT2D eigenvalue weighted by Crippen LogP contribution is -2.49. The number of hydrogen-bond donors (Lipinski definition) is 1. The number of carbonyl (C=O) groups excluding carboxylic acids is 1. The zero-order valence-corrected chi connectivity index (χ0v) is 10.5. The van der Waals surface area contributed by atoms with Crippen LogP contribution in [0.25, 0.3) is 0 Å². The molecule has 3 aliphatic heterocycles. The minimum Gasteiger partial charge on any atom is -0.372 e. The molecule has 1 N–H and O–H groups in total. The van der Waals surface area contributed by atoms with Gasteiger partial charge in [-0.1, -0.05) is 0 Å². The molecule has 1 fully saturated rings. The van der Waals surface area contributed by atoms with Crippen LogP contribution in [0.3, 0.4) is 0 Å². The van der Waals surface area contributed by atoms with E-state index in [0.29, 0.717) is 6.10 Å². The van der Waals surface area contributed by atoms with Crippen LogP contribution in [0.5, 0.6) is 0 Å². The summed E-state index contributed by atoms with van der Waals surface area (Å²) in [6.45, 7) is 0.834. The Bertz CT molecular complexity index is 419. The number of amides is 2. The van der Waals surface area contributed by atoms with Crippen LogP contribution in [0.2, 0.25) is 0 Å². The first-order valence-corrected chi connectivity index (χ1v) is 6.44. The second kappa shape index (κ2) is 3.92. The van der Waals surface area contributed by atoms with E-state index < -0.39 is 0 Å². The van der Waals surface area contributed by atoms with Crippen molar-refractivity contribution in [1.82, 2.24) is 15.1 Å². The van der Waals surface area contributed by atoms with Gasteiger partial charge in [0.15, 0.2) is 6.17 Å². The molecule has 1 saturated heterocycles. The van der Waals surface area contributed by atoms with Crippen LogP contribution in [-0.4, -0.2) is 60.9 Å². The van der Waals surface area contributed by atoms with Crippen molar-refractivity contribution >= 4 is 24.1 Å². The van der Waals surface area contributed by atoms with Crippen molar-refractivity contribution in [2.45, 2.75) is 12.3 Å². The smallest absolute Gasteiger partial charge is 0.326 e. The first-order valence-electron chi connectivity index (χ1n) is 5.45. The van der Waals surface area contributed by atoms with Crippen LogP contribution >= 0.6 is 11.8 Å². The number of urea groups is 1. The van der Waals surface area contributed by atoms with Gasteiger partial charge in [0.1, 0.15) is 5.03 Å². The van der Waals surface area contributed by atoms with Crippen molar-refractivity contribution in [3.05, 3.63) is 10.7 Å². The highest BCUT2D eigenvalue weighted by Crippen LogP contribution is 2.34. The highest BCUT2D eigenvalue weighted by molar-refractivity contribution is 8.03. The minimum absolute atomic E-state index is 0.0289.